The number of nitrogen functional groups attached to an aromatic ring is 1. The van der Waals surface area contributed by atoms with Crippen molar-refractivity contribution in [2.75, 3.05) is 12.3 Å². The Morgan fingerprint density at radius 1 is 1.00 bits per heavy atom. The van der Waals surface area contributed by atoms with Crippen molar-refractivity contribution in [3.8, 4) is 11.3 Å². The first-order valence-electron chi connectivity index (χ1n) is 13.0. The molecule has 9 heteroatoms. The monoisotopic (exact) mass is 572 g/mol. The minimum absolute atomic E-state index is 0.195. The van der Waals surface area contributed by atoms with E-state index >= 15 is 0 Å². The molecule has 2 aromatic carbocycles. The number of carbonyl (C=O) groups excluding carboxylic acids is 1. The van der Waals surface area contributed by atoms with Crippen molar-refractivity contribution in [1.29, 1.82) is 0 Å². The second-order valence-corrected chi connectivity index (χ2v) is 12.2. The molecule has 7 nitrogen and oxygen atoms in total. The molecule has 0 aliphatic rings. The van der Waals surface area contributed by atoms with E-state index in [9.17, 15) is 4.79 Å². The summed E-state index contributed by atoms with van der Waals surface area (Å²) in [6.45, 7) is 12.0. The number of carbonyl (C=O) groups is 1. The lowest BCUT2D eigenvalue weighted by atomic mass is 10.1. The van der Waals surface area contributed by atoms with E-state index < -0.39 is 11.6 Å². The first-order valence-corrected chi connectivity index (χ1v) is 13.7. The summed E-state index contributed by atoms with van der Waals surface area (Å²) < 4.78 is 11.5. The molecular weight excluding hydrogens is 535 g/mol. The van der Waals surface area contributed by atoms with Crippen LogP contribution < -0.4 is 11.1 Å². The zero-order chi connectivity index (χ0) is 28.8. The number of halogens is 2. The molecule has 0 radical (unpaired) electrons. The molecule has 39 heavy (non-hydrogen) atoms. The second kappa shape index (κ2) is 13.1. The van der Waals surface area contributed by atoms with Crippen LogP contribution in [0.2, 0.25) is 10.0 Å². The fourth-order valence-corrected chi connectivity index (χ4v) is 4.36. The van der Waals surface area contributed by atoms with Crippen LogP contribution in [0.3, 0.4) is 0 Å². The lowest BCUT2D eigenvalue weighted by Crippen LogP contribution is -2.45. The highest BCUT2D eigenvalue weighted by molar-refractivity contribution is 6.36. The molecule has 1 atom stereocenters. The van der Waals surface area contributed by atoms with Gasteiger partial charge in [0.15, 0.2) is 0 Å². The predicted octanol–water partition coefficient (Wildman–Crippen LogP) is 6.43. The summed E-state index contributed by atoms with van der Waals surface area (Å²) in [5, 5.41) is 4.53. The third-order valence-electron chi connectivity index (χ3n) is 5.70. The Morgan fingerprint density at radius 2 is 1.67 bits per heavy atom. The van der Waals surface area contributed by atoms with Gasteiger partial charge in [0.25, 0.3) is 0 Å². The number of rotatable bonds is 10. The van der Waals surface area contributed by atoms with Gasteiger partial charge < -0.3 is 15.2 Å². The third-order valence-corrected chi connectivity index (χ3v) is 6.41. The van der Waals surface area contributed by atoms with E-state index in [1.54, 1.807) is 6.20 Å². The van der Waals surface area contributed by atoms with E-state index in [1.807, 2.05) is 84.0 Å². The summed E-state index contributed by atoms with van der Waals surface area (Å²) in [7, 11) is 0. The van der Waals surface area contributed by atoms with Crippen molar-refractivity contribution < 1.29 is 14.3 Å². The quantitative estimate of drug-likeness (QED) is 0.270. The van der Waals surface area contributed by atoms with E-state index in [1.165, 1.54) is 0 Å². The first kappa shape index (κ1) is 30.8. The Kier molecular flexibility index (Phi) is 10.4. The average Bonchev–Trinajstić information content (AvgIpc) is 2.83. The molecule has 3 N–H and O–H groups in total. The number of hydrogen-bond acceptors (Lipinski definition) is 7. The van der Waals surface area contributed by atoms with Crippen LogP contribution in [0.5, 0.6) is 0 Å². The molecule has 0 aliphatic carbocycles. The van der Waals surface area contributed by atoms with Crippen molar-refractivity contribution in [3.63, 3.8) is 0 Å². The average molecular weight is 574 g/mol. The number of nitrogens with two attached hydrogens (primary N) is 1. The molecule has 0 saturated heterocycles. The van der Waals surface area contributed by atoms with E-state index in [0.29, 0.717) is 46.6 Å². The fourth-order valence-electron chi connectivity index (χ4n) is 3.77. The minimum Gasteiger partial charge on any atom is -0.459 e. The zero-order valence-corrected chi connectivity index (χ0v) is 25.0. The maximum atomic E-state index is 12.8. The summed E-state index contributed by atoms with van der Waals surface area (Å²) in [5.41, 5.74) is 9.26. The highest BCUT2D eigenvalue weighted by Gasteiger charge is 2.27. The molecule has 0 saturated carbocycles. The van der Waals surface area contributed by atoms with Crippen molar-refractivity contribution in [3.05, 3.63) is 75.5 Å². The van der Waals surface area contributed by atoms with Crippen LogP contribution in [0.25, 0.3) is 11.3 Å². The molecule has 3 rings (SSSR count). The Labute approximate surface area is 241 Å². The smallest absolute Gasteiger partial charge is 0.326 e. The fraction of sp³-hybridized carbons (Fsp3) is 0.433. The van der Waals surface area contributed by atoms with Gasteiger partial charge in [0.1, 0.15) is 17.5 Å². The van der Waals surface area contributed by atoms with Crippen molar-refractivity contribution in [2.24, 2.45) is 0 Å². The molecule has 210 valence electrons. The summed E-state index contributed by atoms with van der Waals surface area (Å²) in [5.74, 6) is 0.0226. The first-order chi connectivity index (χ1) is 18.2. The van der Waals surface area contributed by atoms with Crippen LogP contribution in [0.1, 0.15) is 58.4 Å². The molecule has 1 heterocycles. The number of anilines is 1. The van der Waals surface area contributed by atoms with Crippen LogP contribution in [0.4, 0.5) is 5.82 Å². The summed E-state index contributed by atoms with van der Waals surface area (Å²) in [6.07, 6.45) is 2.80. The minimum atomic E-state index is -0.619. The van der Waals surface area contributed by atoms with Crippen LogP contribution >= 0.6 is 23.2 Å². The number of benzene rings is 2. The van der Waals surface area contributed by atoms with E-state index in [4.69, 9.17) is 43.4 Å². The number of hydrogen-bond donors (Lipinski definition) is 2. The molecule has 0 bridgehead atoms. The third kappa shape index (κ3) is 9.76. The summed E-state index contributed by atoms with van der Waals surface area (Å²) in [4.78, 5) is 22.0. The Balaban J connectivity index is 1.74. The molecular formula is C30H38Cl2N4O3. The number of ether oxygens (including phenoxy) is 2. The predicted molar refractivity (Wildman–Crippen MR) is 158 cm³/mol. The zero-order valence-electron chi connectivity index (χ0n) is 23.5. The van der Waals surface area contributed by atoms with Crippen LogP contribution in [-0.4, -0.2) is 39.8 Å². The van der Waals surface area contributed by atoms with Gasteiger partial charge in [-0.2, -0.15) is 0 Å². The lowest BCUT2D eigenvalue weighted by molar-refractivity contribution is -0.160. The van der Waals surface area contributed by atoms with E-state index in [0.717, 1.165) is 16.7 Å². The Bertz CT molecular complexity index is 1270. The number of aryl methyl sites for hydroxylation is 1. The second-order valence-electron chi connectivity index (χ2n) is 11.4. The molecule has 0 fully saturated rings. The summed E-state index contributed by atoms with van der Waals surface area (Å²) in [6, 6.07) is 12.7. The molecule has 0 unspecified atom stereocenters. The molecule has 0 amide bonds. The number of nitrogens with zero attached hydrogens (tertiary/aromatic N) is 2. The van der Waals surface area contributed by atoms with Crippen LogP contribution in [-0.2, 0) is 33.7 Å². The molecule has 1 aromatic heterocycles. The van der Waals surface area contributed by atoms with Gasteiger partial charge in [0, 0.05) is 22.2 Å². The maximum Gasteiger partial charge on any atom is 0.326 e. The largest absolute Gasteiger partial charge is 0.459 e. The van der Waals surface area contributed by atoms with Crippen LogP contribution in [0, 0.1) is 0 Å². The maximum absolute atomic E-state index is 12.8. The summed E-state index contributed by atoms with van der Waals surface area (Å²) >= 11 is 12.7. The number of esters is 1. The van der Waals surface area contributed by atoms with E-state index in [-0.39, 0.29) is 18.2 Å². The van der Waals surface area contributed by atoms with Gasteiger partial charge in [-0.25, -0.2) is 9.97 Å². The van der Waals surface area contributed by atoms with Gasteiger partial charge in [-0.1, -0.05) is 47.5 Å². The Hall–Kier alpha value is -2.71. The van der Waals surface area contributed by atoms with E-state index in [2.05, 4.69) is 10.3 Å². The van der Waals surface area contributed by atoms with Crippen molar-refractivity contribution >= 4 is 35.0 Å². The van der Waals surface area contributed by atoms with Crippen molar-refractivity contribution in [2.45, 2.75) is 78.2 Å². The highest BCUT2D eigenvalue weighted by atomic mass is 35.5. The molecule has 0 aliphatic heterocycles. The SMILES string of the molecule is CC(C)(C)OC[C@H](NCc1cccc(-c2cnc(N)c(CCc3c(Cl)cccc3Cl)n2)c1)C(=O)OC(C)(C)C. The van der Waals surface area contributed by atoms with Gasteiger partial charge in [0.2, 0.25) is 0 Å². The number of aromatic nitrogens is 2. The highest BCUT2D eigenvalue weighted by Crippen LogP contribution is 2.27. The van der Waals surface area contributed by atoms with Gasteiger partial charge in [-0.05, 0) is 83.7 Å². The van der Waals surface area contributed by atoms with Gasteiger partial charge in [0.05, 0.1) is 29.8 Å². The van der Waals surface area contributed by atoms with Gasteiger partial charge in [-0.15, -0.1) is 0 Å². The van der Waals surface area contributed by atoms with Gasteiger partial charge in [-0.3, -0.25) is 10.1 Å². The van der Waals surface area contributed by atoms with Crippen molar-refractivity contribution in [1.82, 2.24) is 15.3 Å². The Morgan fingerprint density at radius 3 is 2.31 bits per heavy atom. The normalized spacial score (nSPS) is 12.8. The number of nitrogens with one attached hydrogen (secondary N) is 1. The molecule has 0 spiro atoms. The molecule has 3 aromatic rings. The van der Waals surface area contributed by atoms with Crippen LogP contribution in [0.15, 0.2) is 48.7 Å². The lowest BCUT2D eigenvalue weighted by Gasteiger charge is -2.27. The van der Waals surface area contributed by atoms with Gasteiger partial charge >= 0.3 is 5.97 Å². The standard InChI is InChI=1S/C30H38Cl2N4O3/c1-29(2,3)38-18-26(28(37)39-30(4,5)6)34-16-19-9-7-10-20(15-19)25-17-35-27(33)24(36-25)14-13-21-22(31)11-8-12-23(21)32/h7-12,15,17,26,34H,13-14,16,18H2,1-6H3,(H2,33,35)/t26-/m0/s1. The topological polar surface area (TPSA) is 99.4 Å².